The third kappa shape index (κ3) is 4.76. The van der Waals surface area contributed by atoms with Gasteiger partial charge < -0.3 is 20.7 Å². The molecule has 0 saturated heterocycles. The van der Waals surface area contributed by atoms with Crippen molar-refractivity contribution in [3.8, 4) is 5.75 Å². The van der Waals surface area contributed by atoms with Gasteiger partial charge in [-0.3, -0.25) is 14.7 Å². The summed E-state index contributed by atoms with van der Waals surface area (Å²) in [5.74, 6) is 1.58. The lowest BCUT2D eigenvalue weighted by atomic mass is 10.0. The fourth-order valence-corrected chi connectivity index (χ4v) is 4.36. The first-order valence-electron chi connectivity index (χ1n) is 11.7. The lowest BCUT2D eigenvalue weighted by molar-refractivity contribution is 0.0963. The molecule has 1 aromatic heterocycles. The molecule has 36 heavy (non-hydrogen) atoms. The van der Waals surface area contributed by atoms with Gasteiger partial charge in [0.2, 0.25) is 5.95 Å². The van der Waals surface area contributed by atoms with Crippen molar-refractivity contribution < 1.29 is 9.53 Å². The Morgan fingerprint density at radius 3 is 2.75 bits per heavy atom. The van der Waals surface area contributed by atoms with Crippen LogP contribution in [0.15, 0.2) is 52.6 Å². The molecule has 2 aliphatic rings. The van der Waals surface area contributed by atoms with Crippen LogP contribution in [0.4, 0.5) is 23.1 Å². The fourth-order valence-electron chi connectivity index (χ4n) is 4.36. The highest BCUT2D eigenvalue weighted by atomic mass is 16.5. The highest BCUT2D eigenvalue weighted by Gasteiger charge is 2.22. The molecule has 5 rings (SSSR count). The maximum atomic E-state index is 12.7. The summed E-state index contributed by atoms with van der Waals surface area (Å²) in [5, 5.41) is 9.24. The Labute approximate surface area is 209 Å². The van der Waals surface area contributed by atoms with Gasteiger partial charge in [-0.05, 0) is 49.4 Å². The van der Waals surface area contributed by atoms with E-state index >= 15 is 0 Å². The van der Waals surface area contributed by atoms with E-state index in [0.717, 1.165) is 28.9 Å². The van der Waals surface area contributed by atoms with Crippen molar-refractivity contribution in [2.24, 2.45) is 9.98 Å². The van der Waals surface area contributed by atoms with Crippen LogP contribution in [0.2, 0.25) is 0 Å². The van der Waals surface area contributed by atoms with Gasteiger partial charge in [-0.1, -0.05) is 12.1 Å². The summed E-state index contributed by atoms with van der Waals surface area (Å²) in [6, 6.07) is 12.2. The average molecular weight is 485 g/mol. The van der Waals surface area contributed by atoms with E-state index < -0.39 is 0 Å². The molecule has 1 unspecified atom stereocenters. The van der Waals surface area contributed by atoms with E-state index in [1.54, 1.807) is 14.2 Å². The number of carbonyl (C=O) groups is 1. The summed E-state index contributed by atoms with van der Waals surface area (Å²) in [6.45, 7) is 3.40. The third-order valence-electron chi connectivity index (χ3n) is 5.93. The molecule has 3 heterocycles. The van der Waals surface area contributed by atoms with Crippen LogP contribution in [0.3, 0.4) is 0 Å². The van der Waals surface area contributed by atoms with Crippen LogP contribution in [0, 0.1) is 0 Å². The number of aromatic nitrogens is 2. The maximum absolute atomic E-state index is 12.7. The van der Waals surface area contributed by atoms with Crippen molar-refractivity contribution in [1.82, 2.24) is 20.2 Å². The lowest BCUT2D eigenvalue weighted by Gasteiger charge is -2.22. The second-order valence-corrected chi connectivity index (χ2v) is 8.85. The second kappa shape index (κ2) is 9.74. The molecule has 3 N–H and O–H groups in total. The van der Waals surface area contributed by atoms with Gasteiger partial charge in [-0.25, -0.2) is 9.98 Å². The number of aliphatic imine (C=N–C) groups is 2. The third-order valence-corrected chi connectivity index (χ3v) is 5.93. The molecule has 6 bridgehead atoms. The normalized spacial score (nSPS) is 16.9. The summed E-state index contributed by atoms with van der Waals surface area (Å²) < 4.78 is 5.84. The van der Waals surface area contributed by atoms with Crippen molar-refractivity contribution in [2.75, 3.05) is 31.8 Å². The van der Waals surface area contributed by atoms with Crippen molar-refractivity contribution in [3.63, 3.8) is 0 Å². The number of amides is 1. The minimum atomic E-state index is -0.305. The van der Waals surface area contributed by atoms with E-state index in [4.69, 9.17) is 4.74 Å². The zero-order valence-electron chi connectivity index (χ0n) is 20.7. The molecule has 184 valence electrons. The Bertz CT molecular complexity index is 1380. The van der Waals surface area contributed by atoms with Crippen LogP contribution in [0.5, 0.6) is 5.75 Å². The van der Waals surface area contributed by atoms with E-state index in [9.17, 15) is 4.79 Å². The molecule has 1 atom stereocenters. The minimum Gasteiger partial charge on any atom is -0.494 e. The highest BCUT2D eigenvalue weighted by Crippen LogP contribution is 2.36. The predicted octanol–water partition coefficient (Wildman–Crippen LogP) is 3.50. The van der Waals surface area contributed by atoms with Crippen molar-refractivity contribution in [3.05, 3.63) is 64.8 Å². The molecule has 0 radical (unpaired) electrons. The number of nitrogens with one attached hydrogen (secondary N) is 3. The number of ether oxygens (including phenoxy) is 1. The molecule has 10 nitrogen and oxygen atoms in total. The molecule has 1 amide bonds. The van der Waals surface area contributed by atoms with Gasteiger partial charge in [0.25, 0.3) is 5.91 Å². The zero-order chi connectivity index (χ0) is 25.2. The zero-order valence-corrected chi connectivity index (χ0v) is 20.7. The molecule has 3 aromatic rings. The first kappa shape index (κ1) is 23.4. The Hall–Kier alpha value is -4.31. The second-order valence-electron chi connectivity index (χ2n) is 8.85. The van der Waals surface area contributed by atoms with Crippen molar-refractivity contribution in [2.45, 2.75) is 26.1 Å². The number of nitrogens with zero attached hydrogens (tertiary/aromatic N) is 5. The molecular weight excluding hydrogens is 456 g/mol. The number of hydrogen-bond donors (Lipinski definition) is 3. The Morgan fingerprint density at radius 2 is 2.00 bits per heavy atom. The summed E-state index contributed by atoms with van der Waals surface area (Å²) in [4.78, 5) is 33.1. The number of fused-ring (bicyclic) bond motifs is 6. The first-order valence-corrected chi connectivity index (χ1v) is 11.7. The molecule has 10 heteroatoms. The number of amidine groups is 1. The quantitative estimate of drug-likeness (QED) is 0.521. The average Bonchev–Trinajstić information content (AvgIpc) is 3.29. The molecule has 2 aliphatic heterocycles. The van der Waals surface area contributed by atoms with Gasteiger partial charge >= 0.3 is 0 Å². The summed E-state index contributed by atoms with van der Waals surface area (Å²) >= 11 is 0. The lowest BCUT2D eigenvalue weighted by Crippen LogP contribution is -2.21. The Balaban J connectivity index is 1.70. The molecular formula is C26H28N8O2. The maximum Gasteiger partial charge on any atom is 0.256 e. The molecule has 0 saturated carbocycles. The number of hydrogen-bond acceptors (Lipinski definition) is 9. The monoisotopic (exact) mass is 484 g/mol. The number of anilines is 4. The minimum absolute atomic E-state index is 0.00655. The van der Waals surface area contributed by atoms with Crippen LogP contribution >= 0.6 is 0 Å². The van der Waals surface area contributed by atoms with Crippen LogP contribution < -0.4 is 20.7 Å². The van der Waals surface area contributed by atoms with Gasteiger partial charge in [0.15, 0.2) is 11.6 Å². The van der Waals surface area contributed by atoms with Gasteiger partial charge in [-0.2, -0.15) is 4.98 Å². The summed E-state index contributed by atoms with van der Waals surface area (Å²) in [6.07, 6.45) is 3.32. The van der Waals surface area contributed by atoms with E-state index in [-0.39, 0.29) is 11.9 Å². The van der Waals surface area contributed by atoms with E-state index in [2.05, 4.69) is 66.0 Å². The smallest absolute Gasteiger partial charge is 0.256 e. The van der Waals surface area contributed by atoms with E-state index in [0.29, 0.717) is 41.1 Å². The fraction of sp³-hybridized carbons (Fsp3) is 0.269. The summed E-state index contributed by atoms with van der Waals surface area (Å²) in [5.41, 5.74) is 4.78. The van der Waals surface area contributed by atoms with Gasteiger partial charge in [-0.15, -0.1) is 0 Å². The van der Waals surface area contributed by atoms with E-state index in [1.807, 2.05) is 31.3 Å². The number of carbonyl (C=O) groups excluding carboxylic acids is 1. The molecule has 0 aliphatic carbocycles. The molecule has 2 aromatic carbocycles. The SMILES string of the molecule is CNC(=O)c1cnc2nc1Nc1cc(cc(C3=NC(C)C=N3)c1OC)CN(C)Cc1cccc(c1)N2. The topological polar surface area (TPSA) is 116 Å². The van der Waals surface area contributed by atoms with Gasteiger partial charge in [0.1, 0.15) is 11.4 Å². The van der Waals surface area contributed by atoms with E-state index in [1.165, 1.54) is 6.20 Å². The number of benzene rings is 2. The first-order chi connectivity index (χ1) is 17.4. The standard InChI is InChI=1S/C26H28N8O2/c1-15-11-28-23(30-15)19-9-17-10-21(22(19)36-4)32-24-20(25(35)27-2)12-29-26(33-24)31-18-7-5-6-16(8-18)13-34(3)14-17/h5-12,15H,13-14H2,1-4H3,(H,27,35)(H2,29,31,32,33). The predicted molar refractivity (Wildman–Crippen MR) is 141 cm³/mol. The van der Waals surface area contributed by atoms with Crippen LogP contribution in [0.1, 0.15) is 34.0 Å². The number of rotatable bonds is 3. The summed E-state index contributed by atoms with van der Waals surface area (Å²) in [7, 11) is 5.25. The van der Waals surface area contributed by atoms with Crippen LogP contribution in [-0.4, -0.2) is 60.1 Å². The van der Waals surface area contributed by atoms with Crippen molar-refractivity contribution in [1.29, 1.82) is 0 Å². The van der Waals surface area contributed by atoms with Gasteiger partial charge in [0, 0.05) is 38.2 Å². The number of methoxy groups -OCH3 is 1. The Morgan fingerprint density at radius 1 is 1.17 bits per heavy atom. The Kier molecular flexibility index (Phi) is 6.34. The van der Waals surface area contributed by atoms with Crippen LogP contribution in [-0.2, 0) is 13.1 Å². The van der Waals surface area contributed by atoms with Gasteiger partial charge in [0.05, 0.1) is 24.4 Å². The highest BCUT2D eigenvalue weighted by molar-refractivity contribution is 6.10. The molecule has 0 spiro atoms. The van der Waals surface area contributed by atoms with Crippen LogP contribution in [0.25, 0.3) is 0 Å². The van der Waals surface area contributed by atoms with Crippen molar-refractivity contribution >= 4 is 41.1 Å². The molecule has 0 fully saturated rings. The largest absolute Gasteiger partial charge is 0.494 e.